The lowest BCUT2D eigenvalue weighted by Gasteiger charge is -2.45. The van der Waals surface area contributed by atoms with Crippen molar-refractivity contribution < 1.29 is 5.48 Å². The highest BCUT2D eigenvalue weighted by Gasteiger charge is 2.38. The van der Waals surface area contributed by atoms with Crippen molar-refractivity contribution in [1.29, 1.82) is 0 Å². The topological polar surface area (TPSA) is 31.5 Å². The normalized spacial score (nSPS) is 26.8. The van der Waals surface area contributed by atoms with Crippen molar-refractivity contribution in [3.8, 4) is 0 Å². The quantitative estimate of drug-likeness (QED) is 0.582. The predicted octanol–water partition coefficient (Wildman–Crippen LogP) is 5.79. The second kappa shape index (κ2) is 8.79. The molecule has 1 nitrogen and oxygen atoms in total. The molecule has 0 amide bonds. The van der Waals surface area contributed by atoms with Crippen LogP contribution in [0.25, 0.3) is 0 Å². The molecule has 2 N–H and O–H groups in total. The van der Waals surface area contributed by atoms with Crippen molar-refractivity contribution in [2.24, 2.45) is 16.7 Å². The van der Waals surface area contributed by atoms with Crippen LogP contribution in [0.3, 0.4) is 0 Å². The van der Waals surface area contributed by atoms with Gasteiger partial charge in [-0.05, 0) is 49.4 Å². The Labute approximate surface area is 122 Å². The molecule has 1 aliphatic rings. The Kier molecular flexibility index (Phi) is 9.72. The highest BCUT2D eigenvalue weighted by molar-refractivity contribution is 5.00. The first-order valence-corrected chi connectivity index (χ1v) is 7.93. The minimum absolute atomic E-state index is 0. The van der Waals surface area contributed by atoms with Crippen molar-refractivity contribution >= 4 is 0 Å². The summed E-state index contributed by atoms with van der Waals surface area (Å²) >= 11 is 0. The van der Waals surface area contributed by atoms with Gasteiger partial charge < -0.3 is 5.48 Å². The zero-order valence-electron chi connectivity index (χ0n) is 14.5. The average Bonchev–Trinajstić information content (AvgIpc) is 2.30. The van der Waals surface area contributed by atoms with Gasteiger partial charge in [-0.25, -0.2) is 0 Å². The fraction of sp³-hybridized carbons (Fsp3) is 0.889. The van der Waals surface area contributed by atoms with E-state index in [0.717, 1.165) is 5.92 Å². The molecule has 0 spiro atoms. The molecule has 0 saturated heterocycles. The van der Waals surface area contributed by atoms with Crippen molar-refractivity contribution in [1.82, 2.24) is 0 Å². The van der Waals surface area contributed by atoms with E-state index in [0.29, 0.717) is 10.8 Å². The number of hydrogen-bond acceptors (Lipinski definition) is 0. The summed E-state index contributed by atoms with van der Waals surface area (Å²) in [6.45, 7) is 19.9. The third-order valence-electron chi connectivity index (χ3n) is 4.59. The Balaban J connectivity index is 0. The average molecular weight is 271 g/mol. The van der Waals surface area contributed by atoms with Gasteiger partial charge in [-0.15, -0.1) is 6.58 Å². The molecule has 116 valence electrons. The summed E-state index contributed by atoms with van der Waals surface area (Å²) in [7, 11) is 0. The van der Waals surface area contributed by atoms with E-state index in [1.165, 1.54) is 44.1 Å². The Hall–Kier alpha value is -0.300. The molecule has 0 radical (unpaired) electrons. The van der Waals surface area contributed by atoms with Crippen LogP contribution in [-0.4, -0.2) is 5.48 Å². The van der Waals surface area contributed by atoms with Crippen molar-refractivity contribution in [3.05, 3.63) is 12.2 Å². The zero-order chi connectivity index (χ0) is 14.4. The molecule has 2 atom stereocenters. The standard InChI is InChI=1S/C16H30.C2H6.H2O/c1-7-16(11-13(2)3)10-8-9-14(12-16)15(4,5)6;1-2;/h14H,2,7-12H2,1,3-6H3;1-2H3;1H2. The van der Waals surface area contributed by atoms with E-state index in [2.05, 4.69) is 41.2 Å². The molecule has 1 rings (SSSR count). The summed E-state index contributed by atoms with van der Waals surface area (Å²) in [5.41, 5.74) is 2.43. The fourth-order valence-electron chi connectivity index (χ4n) is 3.44. The van der Waals surface area contributed by atoms with Gasteiger partial charge in [0.2, 0.25) is 0 Å². The first-order chi connectivity index (χ1) is 8.29. The molecule has 0 heterocycles. The molecule has 1 heteroatoms. The lowest BCUT2D eigenvalue weighted by Crippen LogP contribution is -2.34. The van der Waals surface area contributed by atoms with Crippen molar-refractivity contribution in [2.75, 3.05) is 0 Å². The Morgan fingerprint density at radius 1 is 1.26 bits per heavy atom. The van der Waals surface area contributed by atoms with Crippen LogP contribution in [0.2, 0.25) is 0 Å². The van der Waals surface area contributed by atoms with Gasteiger partial charge in [-0.1, -0.05) is 60.0 Å². The second-order valence-corrected chi connectivity index (χ2v) is 7.15. The molecule has 2 unspecified atom stereocenters. The van der Waals surface area contributed by atoms with Gasteiger partial charge in [0, 0.05) is 0 Å². The Bertz CT molecular complexity index is 249. The van der Waals surface area contributed by atoms with Crippen LogP contribution in [0.15, 0.2) is 12.2 Å². The summed E-state index contributed by atoms with van der Waals surface area (Å²) in [6, 6.07) is 0. The highest BCUT2D eigenvalue weighted by atomic mass is 16.0. The molecule has 1 fully saturated rings. The number of rotatable bonds is 3. The lowest BCUT2D eigenvalue weighted by atomic mass is 9.60. The fourth-order valence-corrected chi connectivity index (χ4v) is 3.44. The van der Waals surface area contributed by atoms with Gasteiger partial charge in [0.15, 0.2) is 0 Å². The maximum Gasteiger partial charge on any atom is -0.0260 e. The van der Waals surface area contributed by atoms with Crippen LogP contribution in [0.5, 0.6) is 0 Å². The second-order valence-electron chi connectivity index (χ2n) is 7.15. The summed E-state index contributed by atoms with van der Waals surface area (Å²) in [5, 5.41) is 0. The largest absolute Gasteiger partial charge is 0.412 e. The molecule has 0 aromatic rings. The van der Waals surface area contributed by atoms with Crippen LogP contribution < -0.4 is 0 Å². The zero-order valence-corrected chi connectivity index (χ0v) is 14.5. The van der Waals surface area contributed by atoms with Crippen molar-refractivity contribution in [2.45, 2.75) is 87.0 Å². The predicted molar refractivity (Wildman–Crippen MR) is 88.5 cm³/mol. The van der Waals surface area contributed by atoms with Gasteiger partial charge in [0.05, 0.1) is 0 Å². The maximum absolute atomic E-state index is 4.13. The van der Waals surface area contributed by atoms with Gasteiger partial charge in [0.25, 0.3) is 0 Å². The summed E-state index contributed by atoms with van der Waals surface area (Å²) < 4.78 is 0. The molecule has 1 saturated carbocycles. The molecular formula is C18H38O. The van der Waals surface area contributed by atoms with E-state index < -0.39 is 0 Å². The highest BCUT2D eigenvalue weighted by Crippen LogP contribution is 2.50. The first kappa shape index (κ1) is 21.0. The molecule has 1 aliphatic carbocycles. The van der Waals surface area contributed by atoms with Gasteiger partial charge in [0.1, 0.15) is 0 Å². The minimum atomic E-state index is 0. The van der Waals surface area contributed by atoms with Crippen LogP contribution in [0.4, 0.5) is 0 Å². The third kappa shape index (κ3) is 6.61. The third-order valence-corrected chi connectivity index (χ3v) is 4.59. The maximum atomic E-state index is 4.13. The summed E-state index contributed by atoms with van der Waals surface area (Å²) in [4.78, 5) is 0. The van der Waals surface area contributed by atoms with Crippen molar-refractivity contribution in [3.63, 3.8) is 0 Å². The van der Waals surface area contributed by atoms with E-state index >= 15 is 0 Å². The molecule has 19 heavy (non-hydrogen) atoms. The van der Waals surface area contributed by atoms with Gasteiger partial charge in [-0.2, -0.15) is 0 Å². The van der Waals surface area contributed by atoms with E-state index in [-0.39, 0.29) is 5.48 Å². The van der Waals surface area contributed by atoms with E-state index in [1.54, 1.807) is 0 Å². The molecule has 0 aromatic carbocycles. The van der Waals surface area contributed by atoms with E-state index in [9.17, 15) is 0 Å². The van der Waals surface area contributed by atoms with E-state index in [4.69, 9.17) is 0 Å². The SMILES string of the molecule is C=C(C)CC1(CC)CCCC(C(C)(C)C)C1.CC.O. The summed E-state index contributed by atoms with van der Waals surface area (Å²) in [5.74, 6) is 0.903. The van der Waals surface area contributed by atoms with E-state index in [1.807, 2.05) is 13.8 Å². The lowest BCUT2D eigenvalue weighted by molar-refractivity contribution is 0.0673. The molecule has 0 bridgehead atoms. The molecular weight excluding hydrogens is 232 g/mol. The summed E-state index contributed by atoms with van der Waals surface area (Å²) in [6.07, 6.45) is 8.26. The van der Waals surface area contributed by atoms with Crippen LogP contribution >= 0.6 is 0 Å². The van der Waals surface area contributed by atoms with Crippen LogP contribution in [0.1, 0.15) is 87.0 Å². The van der Waals surface area contributed by atoms with Crippen LogP contribution in [0, 0.1) is 16.7 Å². The first-order valence-electron chi connectivity index (χ1n) is 7.93. The molecule has 0 aromatic heterocycles. The smallest absolute Gasteiger partial charge is 0.0260 e. The van der Waals surface area contributed by atoms with Crippen LogP contribution in [-0.2, 0) is 0 Å². The molecule has 0 aliphatic heterocycles. The Morgan fingerprint density at radius 2 is 1.79 bits per heavy atom. The monoisotopic (exact) mass is 270 g/mol. The number of allylic oxidation sites excluding steroid dienone is 1. The Morgan fingerprint density at radius 3 is 2.16 bits per heavy atom. The number of hydrogen-bond donors (Lipinski definition) is 0. The van der Waals surface area contributed by atoms with Gasteiger partial charge >= 0.3 is 0 Å². The van der Waals surface area contributed by atoms with Gasteiger partial charge in [-0.3, -0.25) is 0 Å². The minimum Gasteiger partial charge on any atom is -0.412 e.